The lowest BCUT2D eigenvalue weighted by atomic mass is 10.3. The Kier molecular flexibility index (Phi) is 3.13. The molecule has 104 valence electrons. The third-order valence-electron chi connectivity index (χ3n) is 3.22. The normalized spacial score (nSPS) is 13.1. The largest absolute Gasteiger partial charge is 0.480 e. The molecule has 0 saturated heterocycles. The number of benzene rings is 1. The maximum Gasteiger partial charge on any atom is 0.316 e. The van der Waals surface area contributed by atoms with E-state index in [2.05, 4.69) is 14.8 Å². The number of carboxylic acids is 1. The summed E-state index contributed by atoms with van der Waals surface area (Å²) in [6.45, 7) is 4.48. The molecule has 7 heteroatoms. The molecule has 0 bridgehead atoms. The van der Waals surface area contributed by atoms with Crippen molar-refractivity contribution in [2.24, 2.45) is 0 Å². The highest BCUT2D eigenvalue weighted by atomic mass is 32.2. The Bertz CT molecular complexity index is 792. The van der Waals surface area contributed by atoms with Gasteiger partial charge in [0.25, 0.3) is 0 Å². The van der Waals surface area contributed by atoms with Crippen LogP contribution < -0.4 is 0 Å². The zero-order valence-electron chi connectivity index (χ0n) is 11.1. The van der Waals surface area contributed by atoms with Gasteiger partial charge in [-0.2, -0.15) is 0 Å². The second-order valence-corrected chi connectivity index (χ2v) is 5.76. The molecule has 0 aliphatic rings. The molecular formula is C13H14N4O2S. The number of aliphatic carboxylic acids is 1. The van der Waals surface area contributed by atoms with Gasteiger partial charge in [-0.05, 0) is 26.0 Å². The first-order valence-electron chi connectivity index (χ1n) is 6.35. The summed E-state index contributed by atoms with van der Waals surface area (Å²) in [5, 5.41) is 17.4. The maximum atomic E-state index is 11.0. The molecule has 0 spiro atoms. The Morgan fingerprint density at radius 3 is 2.70 bits per heavy atom. The van der Waals surface area contributed by atoms with Crippen molar-refractivity contribution in [3.8, 4) is 0 Å². The molecule has 2 aromatic heterocycles. The summed E-state index contributed by atoms with van der Waals surface area (Å²) in [5.41, 5.74) is 2.07. The first-order chi connectivity index (χ1) is 9.63. The molecule has 2 heterocycles. The number of imidazole rings is 1. The summed E-state index contributed by atoms with van der Waals surface area (Å²) < 4.78 is 3.99. The molecule has 0 saturated carbocycles. The Morgan fingerprint density at radius 1 is 1.35 bits per heavy atom. The number of aromatic nitrogens is 4. The number of fused-ring (bicyclic) bond motifs is 3. The summed E-state index contributed by atoms with van der Waals surface area (Å²) in [6, 6.07) is 7.96. The summed E-state index contributed by atoms with van der Waals surface area (Å²) in [6.07, 6.45) is 0. The summed E-state index contributed by atoms with van der Waals surface area (Å²) in [5.74, 6) is -0.111. The van der Waals surface area contributed by atoms with Crippen LogP contribution in [0.5, 0.6) is 0 Å². The molecule has 20 heavy (non-hydrogen) atoms. The van der Waals surface area contributed by atoms with Crippen molar-refractivity contribution in [1.29, 1.82) is 0 Å². The number of aryl methyl sites for hydroxylation is 1. The minimum Gasteiger partial charge on any atom is -0.480 e. The molecule has 1 N–H and O–H groups in total. The smallest absolute Gasteiger partial charge is 0.316 e. The highest BCUT2D eigenvalue weighted by Gasteiger charge is 2.20. The number of hydrogen-bond acceptors (Lipinski definition) is 4. The molecule has 0 fully saturated rings. The second-order valence-electron chi connectivity index (χ2n) is 4.45. The third-order valence-corrected chi connectivity index (χ3v) is 4.25. The van der Waals surface area contributed by atoms with Crippen LogP contribution in [0.25, 0.3) is 16.8 Å². The average Bonchev–Trinajstić information content (AvgIpc) is 2.97. The van der Waals surface area contributed by atoms with Crippen LogP contribution >= 0.6 is 11.8 Å². The molecule has 0 unspecified atom stereocenters. The van der Waals surface area contributed by atoms with Gasteiger partial charge in [-0.25, -0.2) is 0 Å². The van der Waals surface area contributed by atoms with Crippen molar-refractivity contribution >= 4 is 34.5 Å². The molecule has 1 aromatic carbocycles. The van der Waals surface area contributed by atoms with Crippen molar-refractivity contribution in [3.63, 3.8) is 0 Å². The maximum absolute atomic E-state index is 11.0. The molecule has 0 radical (unpaired) electrons. The molecule has 0 aliphatic heterocycles. The van der Waals surface area contributed by atoms with Gasteiger partial charge in [-0.1, -0.05) is 23.9 Å². The highest BCUT2D eigenvalue weighted by Crippen LogP contribution is 2.27. The van der Waals surface area contributed by atoms with Crippen molar-refractivity contribution in [1.82, 2.24) is 19.2 Å². The van der Waals surface area contributed by atoms with Gasteiger partial charge in [0.05, 0.1) is 11.0 Å². The minimum atomic E-state index is -0.856. The monoisotopic (exact) mass is 290 g/mol. The van der Waals surface area contributed by atoms with E-state index in [4.69, 9.17) is 5.11 Å². The van der Waals surface area contributed by atoms with Crippen molar-refractivity contribution in [3.05, 3.63) is 24.3 Å². The Hall–Kier alpha value is -2.02. The average molecular weight is 290 g/mol. The van der Waals surface area contributed by atoms with Gasteiger partial charge in [-0.15, -0.1) is 10.2 Å². The van der Waals surface area contributed by atoms with E-state index < -0.39 is 11.2 Å². The van der Waals surface area contributed by atoms with E-state index in [9.17, 15) is 4.79 Å². The SMILES string of the molecule is CCn1c2ccccc2n2c(S[C@@H](C)C(=O)O)nnc12. The molecule has 6 nitrogen and oxygen atoms in total. The molecule has 1 atom stereocenters. The lowest BCUT2D eigenvalue weighted by Gasteiger charge is -2.02. The van der Waals surface area contributed by atoms with E-state index in [1.165, 1.54) is 11.8 Å². The van der Waals surface area contributed by atoms with E-state index in [0.717, 1.165) is 23.4 Å². The van der Waals surface area contributed by atoms with Crippen molar-refractivity contribution in [2.75, 3.05) is 0 Å². The van der Waals surface area contributed by atoms with E-state index in [-0.39, 0.29) is 0 Å². The number of rotatable bonds is 4. The lowest BCUT2D eigenvalue weighted by Crippen LogP contribution is -2.11. The minimum absolute atomic E-state index is 0.564. The zero-order valence-corrected chi connectivity index (χ0v) is 12.0. The van der Waals surface area contributed by atoms with Gasteiger partial charge in [0, 0.05) is 6.54 Å². The quantitative estimate of drug-likeness (QED) is 0.746. The van der Waals surface area contributed by atoms with E-state index in [0.29, 0.717) is 5.16 Å². The molecule has 3 rings (SSSR count). The Labute approximate surface area is 119 Å². The number of thioether (sulfide) groups is 1. The molecule has 0 amide bonds. The van der Waals surface area contributed by atoms with Crippen LogP contribution in [0.2, 0.25) is 0 Å². The van der Waals surface area contributed by atoms with Gasteiger partial charge in [0.1, 0.15) is 5.25 Å². The third kappa shape index (κ3) is 1.85. The number of carbonyl (C=O) groups is 1. The molecular weight excluding hydrogens is 276 g/mol. The Balaban J connectivity index is 2.23. The first kappa shape index (κ1) is 13.0. The van der Waals surface area contributed by atoms with Crippen LogP contribution in [0.3, 0.4) is 0 Å². The second kappa shape index (κ2) is 4.82. The summed E-state index contributed by atoms with van der Waals surface area (Å²) >= 11 is 1.20. The molecule has 0 aliphatic carbocycles. The van der Waals surface area contributed by atoms with Gasteiger partial charge >= 0.3 is 5.97 Å². The van der Waals surface area contributed by atoms with Crippen LogP contribution in [0.1, 0.15) is 13.8 Å². The first-order valence-corrected chi connectivity index (χ1v) is 7.23. The van der Waals surface area contributed by atoms with Gasteiger partial charge in [-0.3, -0.25) is 9.20 Å². The van der Waals surface area contributed by atoms with Crippen LogP contribution in [0, 0.1) is 0 Å². The lowest BCUT2D eigenvalue weighted by molar-refractivity contribution is -0.136. The van der Waals surface area contributed by atoms with E-state index in [1.54, 1.807) is 6.92 Å². The van der Waals surface area contributed by atoms with Gasteiger partial charge in [0.15, 0.2) is 5.16 Å². The Morgan fingerprint density at radius 2 is 2.05 bits per heavy atom. The fourth-order valence-corrected chi connectivity index (χ4v) is 3.02. The van der Waals surface area contributed by atoms with Crippen LogP contribution in [0.15, 0.2) is 29.4 Å². The predicted octanol–water partition coefficient (Wildman–Crippen LogP) is 2.27. The number of carboxylic acid groups (broad SMARTS) is 1. The van der Waals surface area contributed by atoms with E-state index in [1.807, 2.05) is 35.6 Å². The summed E-state index contributed by atoms with van der Waals surface area (Å²) in [7, 11) is 0. The molecule has 3 aromatic rings. The fourth-order valence-electron chi connectivity index (χ4n) is 2.23. The van der Waals surface area contributed by atoms with Gasteiger partial charge < -0.3 is 9.67 Å². The summed E-state index contributed by atoms with van der Waals surface area (Å²) in [4.78, 5) is 11.0. The van der Waals surface area contributed by atoms with Crippen LogP contribution in [-0.2, 0) is 11.3 Å². The van der Waals surface area contributed by atoms with Crippen molar-refractivity contribution < 1.29 is 9.90 Å². The van der Waals surface area contributed by atoms with Crippen LogP contribution in [-0.4, -0.2) is 35.5 Å². The predicted molar refractivity (Wildman–Crippen MR) is 77.1 cm³/mol. The van der Waals surface area contributed by atoms with E-state index >= 15 is 0 Å². The standard InChI is InChI=1S/C13H14N4O2S/c1-3-16-9-6-4-5-7-10(9)17-12(16)14-15-13(17)20-8(2)11(18)19/h4-8H,3H2,1-2H3,(H,18,19)/t8-/m0/s1. The zero-order chi connectivity index (χ0) is 14.3. The fraction of sp³-hybridized carbons (Fsp3) is 0.308. The van der Waals surface area contributed by atoms with Crippen LogP contribution in [0.4, 0.5) is 0 Å². The highest BCUT2D eigenvalue weighted by molar-refractivity contribution is 8.00. The van der Waals surface area contributed by atoms with Gasteiger partial charge in [0.2, 0.25) is 5.78 Å². The topological polar surface area (TPSA) is 72.4 Å². The van der Waals surface area contributed by atoms with Crippen molar-refractivity contribution in [2.45, 2.75) is 30.8 Å². The number of hydrogen-bond donors (Lipinski definition) is 1. The number of nitrogens with zero attached hydrogens (tertiary/aromatic N) is 4. The number of para-hydroxylation sites is 2.